The number of rotatable bonds is 7. The fraction of sp³-hybridized carbons (Fsp3) is 0.357. The Balaban J connectivity index is 2.27. The highest BCUT2D eigenvalue weighted by Gasteiger charge is 2.32. The molecule has 0 aliphatic carbocycles. The van der Waals surface area contributed by atoms with Crippen LogP contribution < -0.4 is 0 Å². The number of esters is 2. The molecule has 8 nitrogen and oxygen atoms in total. The molecule has 0 amide bonds. The Morgan fingerprint density at radius 1 is 1.29 bits per heavy atom. The van der Waals surface area contributed by atoms with Crippen LogP contribution in [0.3, 0.4) is 0 Å². The van der Waals surface area contributed by atoms with Gasteiger partial charge in [0.25, 0.3) is 5.69 Å². The van der Waals surface area contributed by atoms with Gasteiger partial charge in [-0.1, -0.05) is 11.8 Å². The highest BCUT2D eigenvalue weighted by atomic mass is 32.2. The van der Waals surface area contributed by atoms with Crippen molar-refractivity contribution in [1.29, 1.82) is 0 Å². The van der Waals surface area contributed by atoms with E-state index in [2.05, 4.69) is 4.98 Å². The third kappa shape index (κ3) is 4.20. The fourth-order valence-corrected chi connectivity index (χ4v) is 3.95. The normalized spacial score (nSPS) is 10.8. The number of hydrogen-bond donors (Lipinski definition) is 0. The van der Waals surface area contributed by atoms with Crippen LogP contribution >= 0.6 is 23.1 Å². The van der Waals surface area contributed by atoms with Gasteiger partial charge in [-0.2, -0.15) is 0 Å². The summed E-state index contributed by atoms with van der Waals surface area (Å²) in [5.74, 6) is -1.41. The zero-order valence-corrected chi connectivity index (χ0v) is 14.5. The Labute approximate surface area is 145 Å². The number of thiazole rings is 1. The van der Waals surface area contributed by atoms with Crippen molar-refractivity contribution in [3.05, 3.63) is 28.3 Å². The summed E-state index contributed by atoms with van der Waals surface area (Å²) in [6.07, 6.45) is 0. The number of non-ortho nitro benzene ring substituents is 1. The van der Waals surface area contributed by atoms with Crippen LogP contribution in [-0.4, -0.2) is 40.3 Å². The van der Waals surface area contributed by atoms with Crippen LogP contribution in [0.2, 0.25) is 0 Å². The van der Waals surface area contributed by atoms with Crippen molar-refractivity contribution in [3.63, 3.8) is 0 Å². The van der Waals surface area contributed by atoms with Crippen LogP contribution in [0.25, 0.3) is 10.2 Å². The van der Waals surface area contributed by atoms with Crippen LogP contribution in [-0.2, 0) is 19.1 Å². The van der Waals surface area contributed by atoms with Crippen molar-refractivity contribution in [1.82, 2.24) is 4.98 Å². The molecule has 1 aromatic carbocycles. The lowest BCUT2D eigenvalue weighted by Crippen LogP contribution is -2.30. The van der Waals surface area contributed by atoms with E-state index in [1.165, 1.54) is 18.2 Å². The summed E-state index contributed by atoms with van der Waals surface area (Å²) in [6, 6.07) is 4.28. The van der Waals surface area contributed by atoms with Gasteiger partial charge < -0.3 is 9.47 Å². The molecule has 0 atom stereocenters. The molecule has 24 heavy (non-hydrogen) atoms. The van der Waals surface area contributed by atoms with Gasteiger partial charge in [-0.25, -0.2) is 4.98 Å². The number of carbonyl (C=O) groups excluding carboxylic acids is 2. The van der Waals surface area contributed by atoms with E-state index in [9.17, 15) is 19.7 Å². The number of thioether (sulfide) groups is 1. The van der Waals surface area contributed by atoms with E-state index in [0.717, 1.165) is 23.1 Å². The van der Waals surface area contributed by atoms with Crippen molar-refractivity contribution < 1.29 is 24.0 Å². The Hall–Kier alpha value is -2.20. The molecule has 0 spiro atoms. The molecule has 0 bridgehead atoms. The maximum Gasteiger partial charge on any atom is 0.331 e. The quantitative estimate of drug-likeness (QED) is 0.241. The number of fused-ring (bicyclic) bond motifs is 1. The van der Waals surface area contributed by atoms with Crippen molar-refractivity contribution in [3.8, 4) is 0 Å². The summed E-state index contributed by atoms with van der Waals surface area (Å²) >= 11 is 2.07. The summed E-state index contributed by atoms with van der Waals surface area (Å²) in [6.45, 7) is 3.56. The number of hydrogen-bond acceptors (Lipinski definition) is 9. The predicted molar refractivity (Wildman–Crippen MR) is 89.2 cm³/mol. The summed E-state index contributed by atoms with van der Waals surface area (Å²) < 4.78 is 10.8. The Morgan fingerprint density at radius 3 is 2.46 bits per heavy atom. The van der Waals surface area contributed by atoms with Gasteiger partial charge in [0.15, 0.2) is 4.34 Å². The van der Waals surface area contributed by atoms with Crippen molar-refractivity contribution in [2.45, 2.75) is 23.4 Å². The highest BCUT2D eigenvalue weighted by Crippen LogP contribution is 2.34. The largest absolute Gasteiger partial charge is 0.465 e. The second kappa shape index (κ2) is 8.06. The fourth-order valence-electron chi connectivity index (χ4n) is 1.79. The third-order valence-electron chi connectivity index (χ3n) is 2.78. The molecule has 1 heterocycles. The molecule has 0 radical (unpaired) electrons. The SMILES string of the molecule is CCOC(=O)C(Sc1nc2ccc([N+](=O)[O-])cc2s1)C(=O)OCC. The zero-order chi connectivity index (χ0) is 17.7. The minimum absolute atomic E-state index is 0.0463. The lowest BCUT2D eigenvalue weighted by atomic mass is 10.3. The lowest BCUT2D eigenvalue weighted by molar-refractivity contribution is -0.384. The van der Waals surface area contributed by atoms with Gasteiger partial charge in [0.05, 0.1) is 28.4 Å². The van der Waals surface area contributed by atoms with Crippen molar-refractivity contribution in [2.75, 3.05) is 13.2 Å². The maximum atomic E-state index is 12.0. The van der Waals surface area contributed by atoms with E-state index >= 15 is 0 Å². The Kier molecular flexibility index (Phi) is 6.10. The lowest BCUT2D eigenvalue weighted by Gasteiger charge is -2.12. The monoisotopic (exact) mass is 370 g/mol. The first-order chi connectivity index (χ1) is 11.5. The molecular formula is C14H14N2O6S2. The summed E-state index contributed by atoms with van der Waals surface area (Å²) in [4.78, 5) is 38.5. The van der Waals surface area contributed by atoms with Crippen molar-refractivity contribution >= 4 is 50.9 Å². The highest BCUT2D eigenvalue weighted by molar-refractivity contribution is 8.03. The van der Waals surface area contributed by atoms with E-state index in [4.69, 9.17) is 9.47 Å². The zero-order valence-electron chi connectivity index (χ0n) is 12.9. The Bertz CT molecular complexity index is 758. The molecule has 1 aromatic heterocycles. The first-order valence-electron chi connectivity index (χ1n) is 7.01. The van der Waals surface area contributed by atoms with Gasteiger partial charge in [-0.3, -0.25) is 19.7 Å². The van der Waals surface area contributed by atoms with Gasteiger partial charge >= 0.3 is 11.9 Å². The molecular weight excluding hydrogens is 356 g/mol. The summed E-state index contributed by atoms with van der Waals surface area (Å²) in [5, 5.41) is 9.63. The van der Waals surface area contributed by atoms with Gasteiger partial charge in [0, 0.05) is 12.1 Å². The number of nitro benzene ring substituents is 1. The topological polar surface area (TPSA) is 109 Å². The minimum Gasteiger partial charge on any atom is -0.465 e. The van der Waals surface area contributed by atoms with Crippen LogP contribution in [0, 0.1) is 10.1 Å². The van der Waals surface area contributed by atoms with E-state index in [0.29, 0.717) is 14.6 Å². The number of nitro groups is 1. The number of ether oxygens (including phenoxy) is 2. The standard InChI is InChI=1S/C14H14N2O6S2/c1-3-21-12(17)11(13(18)22-4-2)24-14-15-9-6-5-8(16(19)20)7-10(9)23-14/h5-7,11H,3-4H2,1-2H3. The average Bonchev–Trinajstić information content (AvgIpc) is 2.94. The van der Waals surface area contributed by atoms with Gasteiger partial charge in [-0.05, 0) is 19.9 Å². The first-order valence-corrected chi connectivity index (χ1v) is 8.70. The van der Waals surface area contributed by atoms with Gasteiger partial charge in [0.1, 0.15) is 0 Å². The number of benzene rings is 1. The molecule has 2 rings (SSSR count). The molecule has 0 fully saturated rings. The predicted octanol–water partition coefficient (Wildman–Crippen LogP) is 2.79. The molecule has 128 valence electrons. The number of nitrogens with zero attached hydrogens (tertiary/aromatic N) is 2. The molecule has 0 saturated heterocycles. The summed E-state index contributed by atoms with van der Waals surface area (Å²) in [7, 11) is 0. The number of aromatic nitrogens is 1. The second-order valence-electron chi connectivity index (χ2n) is 4.39. The molecule has 0 aliphatic rings. The van der Waals surface area contributed by atoms with Crippen LogP contribution in [0.1, 0.15) is 13.8 Å². The number of carbonyl (C=O) groups is 2. The van der Waals surface area contributed by atoms with Crippen LogP contribution in [0.15, 0.2) is 22.5 Å². The molecule has 0 N–H and O–H groups in total. The van der Waals surface area contributed by atoms with E-state index in [1.54, 1.807) is 13.8 Å². The minimum atomic E-state index is -1.18. The molecule has 10 heteroatoms. The van der Waals surface area contributed by atoms with E-state index in [-0.39, 0.29) is 18.9 Å². The van der Waals surface area contributed by atoms with Gasteiger partial charge in [-0.15, -0.1) is 11.3 Å². The summed E-state index contributed by atoms with van der Waals surface area (Å²) in [5.41, 5.74) is 0.509. The second-order valence-corrected chi connectivity index (χ2v) is 6.77. The molecule has 0 aliphatic heterocycles. The van der Waals surface area contributed by atoms with Crippen LogP contribution in [0.4, 0.5) is 5.69 Å². The smallest absolute Gasteiger partial charge is 0.331 e. The van der Waals surface area contributed by atoms with E-state index in [1.807, 2.05) is 0 Å². The molecule has 2 aromatic rings. The third-order valence-corrected chi connectivity index (χ3v) is 5.05. The van der Waals surface area contributed by atoms with Gasteiger partial charge in [0.2, 0.25) is 5.25 Å². The molecule has 0 unspecified atom stereocenters. The van der Waals surface area contributed by atoms with Crippen LogP contribution in [0.5, 0.6) is 0 Å². The Morgan fingerprint density at radius 2 is 1.92 bits per heavy atom. The van der Waals surface area contributed by atoms with E-state index < -0.39 is 22.1 Å². The van der Waals surface area contributed by atoms with Crippen molar-refractivity contribution in [2.24, 2.45) is 0 Å². The molecule has 0 saturated carbocycles. The average molecular weight is 370 g/mol. The first kappa shape index (κ1) is 18.1. The maximum absolute atomic E-state index is 12.0.